The van der Waals surface area contributed by atoms with E-state index in [-0.39, 0.29) is 0 Å². The molecule has 0 saturated heterocycles. The summed E-state index contributed by atoms with van der Waals surface area (Å²) in [4.78, 5) is 11.6. The fraction of sp³-hybridized carbons (Fsp3) is 0.312. The molecule has 5 nitrogen and oxygen atoms in total. The van der Waals surface area contributed by atoms with Crippen molar-refractivity contribution >= 4 is 16.7 Å². The highest BCUT2D eigenvalue weighted by Crippen LogP contribution is 2.33. The largest absolute Gasteiger partial charge is 0.496 e. The van der Waals surface area contributed by atoms with Crippen molar-refractivity contribution in [3.8, 4) is 5.75 Å². The highest BCUT2D eigenvalue weighted by Gasteiger charge is 2.25. The molecule has 0 heterocycles. The number of methoxy groups -OCH3 is 2. The van der Waals surface area contributed by atoms with E-state index in [1.165, 1.54) is 0 Å². The van der Waals surface area contributed by atoms with Crippen LogP contribution in [0.4, 0.5) is 0 Å². The van der Waals surface area contributed by atoms with Crippen LogP contribution in [0.25, 0.3) is 10.8 Å². The third-order valence-electron chi connectivity index (χ3n) is 3.34. The van der Waals surface area contributed by atoms with Crippen LogP contribution >= 0.6 is 0 Å². The predicted octanol–water partition coefficient (Wildman–Crippen LogP) is 2.21. The molecule has 2 rings (SSSR count). The molecule has 0 amide bonds. The summed E-state index contributed by atoms with van der Waals surface area (Å²) in [6, 6.07) is 10.5. The smallest absolute Gasteiger partial charge is 0.325 e. The second kappa shape index (κ2) is 7.06. The van der Waals surface area contributed by atoms with E-state index in [1.807, 2.05) is 30.3 Å². The maximum Gasteiger partial charge on any atom is 0.325 e. The van der Waals surface area contributed by atoms with Crippen LogP contribution in [-0.2, 0) is 9.53 Å². The van der Waals surface area contributed by atoms with E-state index in [4.69, 9.17) is 9.47 Å². The standard InChI is InChI=1S/C16H19NO4/c1-20-10-9-17-15(16(18)19)14-12-6-4-3-5-11(12)7-8-13(14)21-2/h3-8,15,17H,9-10H2,1-2H3,(H,18,19). The molecule has 0 saturated carbocycles. The molecule has 112 valence electrons. The summed E-state index contributed by atoms with van der Waals surface area (Å²) in [5.74, 6) is -0.383. The molecule has 0 aliphatic rings. The Morgan fingerprint density at radius 2 is 2.00 bits per heavy atom. The summed E-state index contributed by atoms with van der Waals surface area (Å²) in [7, 11) is 3.12. The molecule has 0 radical (unpaired) electrons. The maximum atomic E-state index is 11.6. The summed E-state index contributed by atoms with van der Waals surface area (Å²) in [6.07, 6.45) is 0. The lowest BCUT2D eigenvalue weighted by atomic mass is 9.97. The molecule has 0 fully saturated rings. The van der Waals surface area contributed by atoms with E-state index >= 15 is 0 Å². The molecule has 0 bridgehead atoms. The van der Waals surface area contributed by atoms with Gasteiger partial charge in [0.25, 0.3) is 0 Å². The van der Waals surface area contributed by atoms with Gasteiger partial charge in [0.05, 0.1) is 13.7 Å². The van der Waals surface area contributed by atoms with Gasteiger partial charge in [0.1, 0.15) is 11.8 Å². The van der Waals surface area contributed by atoms with Crippen molar-refractivity contribution in [2.24, 2.45) is 0 Å². The van der Waals surface area contributed by atoms with E-state index in [0.717, 1.165) is 10.8 Å². The zero-order valence-electron chi connectivity index (χ0n) is 12.1. The van der Waals surface area contributed by atoms with E-state index in [9.17, 15) is 9.90 Å². The Balaban J connectivity index is 2.51. The van der Waals surface area contributed by atoms with Crippen LogP contribution in [0.3, 0.4) is 0 Å². The number of fused-ring (bicyclic) bond motifs is 1. The number of hydrogen-bond acceptors (Lipinski definition) is 4. The van der Waals surface area contributed by atoms with Crippen molar-refractivity contribution in [1.82, 2.24) is 5.32 Å². The van der Waals surface area contributed by atoms with Gasteiger partial charge in [0.15, 0.2) is 0 Å². The summed E-state index contributed by atoms with van der Waals surface area (Å²) < 4.78 is 10.3. The van der Waals surface area contributed by atoms with Gasteiger partial charge < -0.3 is 14.6 Å². The average molecular weight is 289 g/mol. The van der Waals surface area contributed by atoms with Gasteiger partial charge in [0.2, 0.25) is 0 Å². The van der Waals surface area contributed by atoms with Crippen LogP contribution in [-0.4, -0.2) is 38.4 Å². The molecule has 21 heavy (non-hydrogen) atoms. The Morgan fingerprint density at radius 1 is 1.24 bits per heavy atom. The molecule has 2 aromatic carbocycles. The number of hydrogen-bond donors (Lipinski definition) is 2. The van der Waals surface area contributed by atoms with Gasteiger partial charge in [-0.15, -0.1) is 0 Å². The van der Waals surface area contributed by atoms with Crippen molar-refractivity contribution in [1.29, 1.82) is 0 Å². The van der Waals surface area contributed by atoms with E-state index in [1.54, 1.807) is 20.3 Å². The Kier molecular flexibility index (Phi) is 5.14. The monoisotopic (exact) mass is 289 g/mol. The van der Waals surface area contributed by atoms with Gasteiger partial charge in [-0.1, -0.05) is 30.3 Å². The molecule has 0 aliphatic heterocycles. The quantitative estimate of drug-likeness (QED) is 0.765. The molecule has 0 spiro atoms. The van der Waals surface area contributed by atoms with Gasteiger partial charge in [-0.25, -0.2) is 0 Å². The molecule has 2 N–H and O–H groups in total. The fourth-order valence-electron chi connectivity index (χ4n) is 2.37. The van der Waals surface area contributed by atoms with Crippen LogP contribution < -0.4 is 10.1 Å². The summed E-state index contributed by atoms with van der Waals surface area (Å²) in [5, 5.41) is 14.4. The number of benzene rings is 2. The van der Waals surface area contributed by atoms with E-state index in [0.29, 0.717) is 24.5 Å². The van der Waals surface area contributed by atoms with Gasteiger partial charge in [0, 0.05) is 19.2 Å². The first-order chi connectivity index (χ1) is 10.2. The fourth-order valence-corrected chi connectivity index (χ4v) is 2.37. The molecule has 0 aliphatic carbocycles. The van der Waals surface area contributed by atoms with Crippen LogP contribution in [0.5, 0.6) is 5.75 Å². The lowest BCUT2D eigenvalue weighted by molar-refractivity contribution is -0.139. The molecule has 2 aromatic rings. The zero-order valence-corrected chi connectivity index (χ0v) is 12.1. The van der Waals surface area contributed by atoms with E-state index < -0.39 is 12.0 Å². The Hall–Kier alpha value is -2.11. The molecular weight excluding hydrogens is 270 g/mol. The first-order valence-electron chi connectivity index (χ1n) is 6.69. The number of nitrogens with one attached hydrogen (secondary N) is 1. The van der Waals surface area contributed by atoms with Crippen LogP contribution in [0.15, 0.2) is 36.4 Å². The third-order valence-corrected chi connectivity index (χ3v) is 3.34. The van der Waals surface area contributed by atoms with Crippen molar-refractivity contribution in [3.05, 3.63) is 42.0 Å². The Morgan fingerprint density at radius 3 is 2.67 bits per heavy atom. The normalized spacial score (nSPS) is 12.3. The minimum absolute atomic E-state index is 0.441. The van der Waals surface area contributed by atoms with E-state index in [2.05, 4.69) is 5.32 Å². The second-order valence-electron chi connectivity index (χ2n) is 4.62. The SMILES string of the molecule is COCCNC(C(=O)O)c1c(OC)ccc2ccccc12. The zero-order chi connectivity index (χ0) is 15.2. The first kappa shape index (κ1) is 15.3. The van der Waals surface area contributed by atoms with Crippen LogP contribution in [0.1, 0.15) is 11.6 Å². The second-order valence-corrected chi connectivity index (χ2v) is 4.62. The predicted molar refractivity (Wildman–Crippen MR) is 80.8 cm³/mol. The van der Waals surface area contributed by atoms with Crippen molar-refractivity contribution < 1.29 is 19.4 Å². The number of rotatable bonds is 7. The van der Waals surface area contributed by atoms with Gasteiger partial charge >= 0.3 is 5.97 Å². The molecular formula is C16H19NO4. The van der Waals surface area contributed by atoms with Crippen LogP contribution in [0, 0.1) is 0 Å². The lowest BCUT2D eigenvalue weighted by Gasteiger charge is -2.19. The lowest BCUT2D eigenvalue weighted by Crippen LogP contribution is -2.31. The van der Waals surface area contributed by atoms with Crippen molar-refractivity contribution in [2.75, 3.05) is 27.4 Å². The molecule has 1 atom stereocenters. The molecule has 0 aromatic heterocycles. The highest BCUT2D eigenvalue weighted by molar-refractivity contribution is 5.92. The number of carboxylic acid groups (broad SMARTS) is 1. The maximum absolute atomic E-state index is 11.6. The number of aliphatic carboxylic acids is 1. The average Bonchev–Trinajstić information content (AvgIpc) is 2.50. The van der Waals surface area contributed by atoms with Crippen molar-refractivity contribution in [2.45, 2.75) is 6.04 Å². The minimum Gasteiger partial charge on any atom is -0.496 e. The topological polar surface area (TPSA) is 67.8 Å². The van der Waals surface area contributed by atoms with Gasteiger partial charge in [-0.3, -0.25) is 10.1 Å². The number of ether oxygens (including phenoxy) is 2. The third kappa shape index (κ3) is 3.32. The van der Waals surface area contributed by atoms with Crippen molar-refractivity contribution in [3.63, 3.8) is 0 Å². The first-order valence-corrected chi connectivity index (χ1v) is 6.69. The van der Waals surface area contributed by atoms with Gasteiger partial charge in [-0.05, 0) is 16.8 Å². The summed E-state index contributed by atoms with van der Waals surface area (Å²) in [6.45, 7) is 0.886. The molecule has 1 unspecified atom stereocenters. The van der Waals surface area contributed by atoms with Crippen LogP contribution in [0.2, 0.25) is 0 Å². The summed E-state index contributed by atoms with van der Waals surface area (Å²) in [5.41, 5.74) is 0.638. The molecule has 5 heteroatoms. The van der Waals surface area contributed by atoms with Gasteiger partial charge in [-0.2, -0.15) is 0 Å². The summed E-state index contributed by atoms with van der Waals surface area (Å²) >= 11 is 0. The number of carboxylic acids is 1. The minimum atomic E-state index is -0.944. The highest BCUT2D eigenvalue weighted by atomic mass is 16.5. The number of carbonyl (C=O) groups is 1. The Labute approximate surface area is 123 Å². The Bertz CT molecular complexity index is 627.